The molecule has 14 heavy (non-hydrogen) atoms. The standard InChI is InChI=1S/C10H13Br2ISe/c11-6-4-2-1-3-5-8-7-9(13)14-10(8)12/h7H,1-6H2. The van der Waals surface area contributed by atoms with Gasteiger partial charge in [-0.2, -0.15) is 0 Å². The van der Waals surface area contributed by atoms with Gasteiger partial charge in [0, 0.05) is 0 Å². The maximum atomic E-state index is 3.67. The van der Waals surface area contributed by atoms with Crippen molar-refractivity contribution < 1.29 is 0 Å². The molecular formula is C10H13Br2ISe. The van der Waals surface area contributed by atoms with Gasteiger partial charge in [-0.05, 0) is 0 Å². The second kappa shape index (κ2) is 7.88. The van der Waals surface area contributed by atoms with Gasteiger partial charge in [0.15, 0.2) is 0 Å². The van der Waals surface area contributed by atoms with E-state index in [1.165, 1.54) is 37.9 Å². The van der Waals surface area contributed by atoms with Crippen LogP contribution in [0, 0.1) is 2.44 Å². The van der Waals surface area contributed by atoms with Crippen LogP contribution in [0.4, 0.5) is 0 Å². The monoisotopic (exact) mass is 498 g/mol. The summed E-state index contributed by atoms with van der Waals surface area (Å²) in [6, 6.07) is 2.36. The van der Waals surface area contributed by atoms with E-state index in [-0.39, 0.29) is 0 Å². The summed E-state index contributed by atoms with van der Waals surface area (Å²) < 4.78 is 2.99. The third-order valence-corrected chi connectivity index (χ3v) is 7.01. The van der Waals surface area contributed by atoms with Gasteiger partial charge in [0.25, 0.3) is 0 Å². The molecule has 0 aromatic carbocycles. The Labute approximate surface area is 122 Å². The summed E-state index contributed by atoms with van der Waals surface area (Å²) in [7, 11) is 0. The number of unbranched alkanes of at least 4 members (excludes halogenated alkanes) is 3. The van der Waals surface area contributed by atoms with E-state index in [1.54, 1.807) is 5.56 Å². The van der Waals surface area contributed by atoms with E-state index in [0.717, 1.165) is 5.33 Å². The van der Waals surface area contributed by atoms with E-state index in [4.69, 9.17) is 0 Å². The van der Waals surface area contributed by atoms with Gasteiger partial charge in [-0.25, -0.2) is 0 Å². The van der Waals surface area contributed by atoms with Gasteiger partial charge < -0.3 is 0 Å². The molecule has 1 heterocycles. The number of hydrogen-bond donors (Lipinski definition) is 0. The van der Waals surface area contributed by atoms with Crippen LogP contribution in [-0.4, -0.2) is 19.8 Å². The Hall–Kier alpha value is 1.69. The van der Waals surface area contributed by atoms with Gasteiger partial charge in [-0.15, -0.1) is 0 Å². The summed E-state index contributed by atoms with van der Waals surface area (Å²) in [6.45, 7) is 0. The molecule has 0 atom stereocenters. The summed E-state index contributed by atoms with van der Waals surface area (Å²) in [5.41, 5.74) is 1.55. The molecule has 0 fully saturated rings. The van der Waals surface area contributed by atoms with Gasteiger partial charge in [0.05, 0.1) is 0 Å². The van der Waals surface area contributed by atoms with Crippen molar-refractivity contribution in [3.63, 3.8) is 0 Å². The zero-order chi connectivity index (χ0) is 10.4. The molecule has 4 heteroatoms. The van der Waals surface area contributed by atoms with E-state index in [2.05, 4.69) is 60.5 Å². The van der Waals surface area contributed by atoms with E-state index in [9.17, 15) is 0 Å². The number of aryl methyl sites for hydroxylation is 1. The summed E-state index contributed by atoms with van der Waals surface area (Å²) in [5, 5.41) is 1.15. The van der Waals surface area contributed by atoms with Crippen molar-refractivity contribution >= 4 is 69.0 Å². The zero-order valence-electron chi connectivity index (χ0n) is 7.86. The SMILES string of the molecule is BrCCCCCCc1cc(I)[se]c1Br. The molecule has 1 rings (SSSR count). The predicted octanol–water partition coefficient (Wildman–Crippen LogP) is 4.61. The summed E-state index contributed by atoms with van der Waals surface area (Å²) in [6.07, 6.45) is 6.65. The topological polar surface area (TPSA) is 0 Å². The Morgan fingerprint density at radius 2 is 1.93 bits per heavy atom. The van der Waals surface area contributed by atoms with Crippen molar-refractivity contribution in [2.45, 2.75) is 32.1 Å². The first kappa shape index (κ1) is 13.8. The van der Waals surface area contributed by atoms with E-state index in [0.29, 0.717) is 14.5 Å². The molecule has 0 unspecified atom stereocenters. The van der Waals surface area contributed by atoms with Crippen molar-refractivity contribution in [3.05, 3.63) is 17.4 Å². The second-order valence-corrected chi connectivity index (χ2v) is 11.0. The molecule has 1 aromatic heterocycles. The van der Waals surface area contributed by atoms with Crippen LogP contribution in [0.3, 0.4) is 0 Å². The summed E-state index contributed by atoms with van der Waals surface area (Å²) in [5.74, 6) is 0. The van der Waals surface area contributed by atoms with E-state index < -0.39 is 0 Å². The molecule has 0 saturated carbocycles. The van der Waals surface area contributed by atoms with Crippen LogP contribution in [0.2, 0.25) is 0 Å². The van der Waals surface area contributed by atoms with Gasteiger partial charge >= 0.3 is 124 Å². The molecular weight excluding hydrogens is 486 g/mol. The van der Waals surface area contributed by atoms with E-state index in [1.807, 2.05) is 0 Å². The number of rotatable bonds is 6. The molecule has 0 saturated heterocycles. The Kier molecular flexibility index (Phi) is 7.74. The van der Waals surface area contributed by atoms with Crippen molar-refractivity contribution in [3.8, 4) is 0 Å². The minimum atomic E-state index is 0.589. The Morgan fingerprint density at radius 3 is 2.50 bits per heavy atom. The molecule has 0 amide bonds. The molecule has 0 aliphatic carbocycles. The average molecular weight is 499 g/mol. The van der Waals surface area contributed by atoms with Crippen molar-refractivity contribution in [2.75, 3.05) is 5.33 Å². The van der Waals surface area contributed by atoms with Crippen LogP contribution in [0.1, 0.15) is 31.2 Å². The van der Waals surface area contributed by atoms with Crippen molar-refractivity contribution in [1.82, 2.24) is 0 Å². The van der Waals surface area contributed by atoms with Gasteiger partial charge in [0.1, 0.15) is 0 Å². The van der Waals surface area contributed by atoms with Crippen LogP contribution in [0.15, 0.2) is 9.41 Å². The van der Waals surface area contributed by atoms with Crippen LogP contribution in [0.5, 0.6) is 0 Å². The van der Waals surface area contributed by atoms with Crippen molar-refractivity contribution in [1.29, 1.82) is 0 Å². The fourth-order valence-electron chi connectivity index (χ4n) is 1.31. The average Bonchev–Trinajstić information content (AvgIpc) is 2.45. The van der Waals surface area contributed by atoms with Crippen LogP contribution >= 0.6 is 54.5 Å². The van der Waals surface area contributed by atoms with Crippen LogP contribution < -0.4 is 0 Å². The molecule has 80 valence electrons. The molecule has 0 nitrogen and oxygen atoms in total. The van der Waals surface area contributed by atoms with Crippen molar-refractivity contribution in [2.24, 2.45) is 0 Å². The van der Waals surface area contributed by atoms with Gasteiger partial charge in [-0.3, -0.25) is 0 Å². The molecule has 0 radical (unpaired) electrons. The van der Waals surface area contributed by atoms with Gasteiger partial charge in [0.2, 0.25) is 0 Å². The number of hydrogen-bond acceptors (Lipinski definition) is 0. The minimum absolute atomic E-state index is 0.589. The van der Waals surface area contributed by atoms with Gasteiger partial charge in [-0.1, -0.05) is 0 Å². The Morgan fingerprint density at radius 1 is 1.21 bits per heavy atom. The number of alkyl halides is 1. The van der Waals surface area contributed by atoms with Crippen LogP contribution in [0.25, 0.3) is 0 Å². The number of halogens is 3. The molecule has 1 aromatic rings. The molecule has 0 spiro atoms. The third kappa shape index (κ3) is 5.15. The second-order valence-electron chi connectivity index (χ2n) is 3.20. The summed E-state index contributed by atoms with van der Waals surface area (Å²) in [4.78, 5) is 0. The third-order valence-electron chi connectivity index (χ3n) is 2.06. The molecule has 0 aliphatic heterocycles. The molecule has 0 N–H and O–H groups in total. The molecule has 0 aliphatic rings. The Bertz CT molecular complexity index is 273. The quantitative estimate of drug-likeness (QED) is 0.233. The van der Waals surface area contributed by atoms with E-state index >= 15 is 0 Å². The first-order valence-electron chi connectivity index (χ1n) is 4.73. The first-order chi connectivity index (χ1) is 6.74. The fraction of sp³-hybridized carbons (Fsp3) is 0.600. The van der Waals surface area contributed by atoms with Crippen LogP contribution in [-0.2, 0) is 6.42 Å². The maximum absolute atomic E-state index is 3.67. The predicted molar refractivity (Wildman–Crippen MR) is 79.8 cm³/mol. The normalized spacial score (nSPS) is 10.8. The zero-order valence-corrected chi connectivity index (χ0v) is 14.9. The summed E-state index contributed by atoms with van der Waals surface area (Å²) >= 11 is 10.2. The first-order valence-corrected chi connectivity index (χ1v) is 9.44. The molecule has 0 bridgehead atoms. The fourth-order valence-corrected chi connectivity index (χ4v) is 7.41. The Balaban J connectivity index is 2.21.